The Morgan fingerprint density at radius 2 is 0.727 bits per heavy atom. The number of aliphatic imine (C=N–C) groups is 4. The molecule has 0 aliphatic heterocycles. The van der Waals surface area contributed by atoms with Gasteiger partial charge in [-0.3, -0.25) is 20.0 Å². The molecule has 0 aliphatic carbocycles. The van der Waals surface area contributed by atoms with E-state index in [-0.39, 0.29) is 44.7 Å². The molecule has 6 rings (SSSR count). The van der Waals surface area contributed by atoms with Crippen LogP contribution in [0.15, 0.2) is 129 Å². The summed E-state index contributed by atoms with van der Waals surface area (Å²) in [5.41, 5.74) is 9.85. The van der Waals surface area contributed by atoms with Crippen molar-refractivity contribution in [3.05, 3.63) is 154 Å². The van der Waals surface area contributed by atoms with Crippen molar-refractivity contribution in [1.29, 1.82) is 0 Å². The van der Waals surface area contributed by atoms with Crippen LogP contribution in [-0.2, 0) is 21.7 Å². The Balaban J connectivity index is 1.31. The molecule has 0 unspecified atom stereocenters. The predicted octanol–water partition coefficient (Wildman–Crippen LogP) is 15.1. The summed E-state index contributed by atoms with van der Waals surface area (Å²) in [4.78, 5) is 19.5. The lowest BCUT2D eigenvalue weighted by Crippen LogP contribution is -2.18. The van der Waals surface area contributed by atoms with Gasteiger partial charge in [-0.25, -0.2) is 0 Å². The molecule has 0 atom stereocenters. The Morgan fingerprint density at radius 1 is 0.394 bits per heavy atom. The van der Waals surface area contributed by atoms with Gasteiger partial charge in [0.15, 0.2) is 0 Å². The second-order valence-electron chi connectivity index (χ2n) is 21.2. The van der Waals surface area contributed by atoms with Crippen molar-refractivity contribution >= 4 is 46.6 Å². The van der Waals surface area contributed by atoms with Gasteiger partial charge in [-0.1, -0.05) is 144 Å². The molecular weight excluding hydrogens is 817 g/mol. The summed E-state index contributed by atoms with van der Waals surface area (Å²) in [5.74, 6) is 0.338. The molecule has 0 aliphatic rings. The summed E-state index contributed by atoms with van der Waals surface area (Å²) < 4.78 is 0. The van der Waals surface area contributed by atoms with Gasteiger partial charge in [0.2, 0.25) is 0 Å². The van der Waals surface area contributed by atoms with Gasteiger partial charge >= 0.3 is 0 Å². The van der Waals surface area contributed by atoms with Crippen LogP contribution in [0, 0.1) is 0 Å². The number of aromatic hydroxyl groups is 4. The molecule has 8 nitrogen and oxygen atoms in total. The molecule has 0 heterocycles. The lowest BCUT2D eigenvalue weighted by Gasteiger charge is -2.27. The first-order valence-electron chi connectivity index (χ1n) is 22.5. The third kappa shape index (κ3) is 10.8. The molecule has 6 aromatic rings. The molecule has 0 amide bonds. The minimum absolute atomic E-state index is 0.0509. The Labute approximate surface area is 392 Å². The minimum atomic E-state index is -0.281. The topological polar surface area (TPSA) is 130 Å². The zero-order valence-corrected chi connectivity index (χ0v) is 41.1. The smallest absolute Gasteiger partial charge is 0.132 e. The average Bonchev–Trinajstić information content (AvgIpc) is 3.22. The molecule has 8 heteroatoms. The first-order valence-corrected chi connectivity index (χ1v) is 22.5. The number of benzene rings is 6. The van der Waals surface area contributed by atoms with E-state index in [1.54, 1.807) is 48.8 Å². The normalized spacial score (nSPS) is 13.3. The monoisotopic (exact) mass is 883 g/mol. The van der Waals surface area contributed by atoms with Crippen molar-refractivity contribution in [2.45, 2.75) is 119 Å². The zero-order valence-electron chi connectivity index (χ0n) is 41.1. The summed E-state index contributed by atoms with van der Waals surface area (Å²) >= 11 is 0. The molecule has 0 saturated carbocycles. The highest BCUT2D eigenvalue weighted by molar-refractivity contribution is 6.05. The summed E-state index contributed by atoms with van der Waals surface area (Å²) in [6, 6.07) is 33.8. The van der Waals surface area contributed by atoms with E-state index >= 15 is 0 Å². The Hall–Kier alpha value is -6.80. The van der Waals surface area contributed by atoms with Gasteiger partial charge in [0.05, 0.1) is 22.7 Å². The summed E-state index contributed by atoms with van der Waals surface area (Å²) in [6.07, 6.45) is 3.17. The number of hydrogen-bond acceptors (Lipinski definition) is 8. The Morgan fingerprint density at radius 3 is 1.05 bits per heavy atom. The maximum Gasteiger partial charge on any atom is 0.132 e. The molecule has 66 heavy (non-hydrogen) atoms. The Kier molecular flexibility index (Phi) is 13.7. The fraction of sp³-hybridized carbons (Fsp3) is 0.310. The second-order valence-corrected chi connectivity index (χ2v) is 21.2. The van der Waals surface area contributed by atoms with Crippen molar-refractivity contribution in [2.75, 3.05) is 0 Å². The number of para-hydroxylation sites is 6. The van der Waals surface area contributed by atoms with Gasteiger partial charge < -0.3 is 20.4 Å². The maximum atomic E-state index is 11.7. The van der Waals surface area contributed by atoms with Crippen molar-refractivity contribution in [3.8, 4) is 34.1 Å². The summed E-state index contributed by atoms with van der Waals surface area (Å²) in [7, 11) is 0. The molecule has 0 bridgehead atoms. The number of rotatable bonds is 9. The highest BCUT2D eigenvalue weighted by atomic mass is 16.3. The van der Waals surface area contributed by atoms with Gasteiger partial charge in [-0.15, -0.1) is 0 Å². The van der Waals surface area contributed by atoms with Gasteiger partial charge in [0.1, 0.15) is 23.0 Å². The van der Waals surface area contributed by atoms with Crippen LogP contribution < -0.4 is 0 Å². The van der Waals surface area contributed by atoms with E-state index in [1.165, 1.54) is 0 Å². The van der Waals surface area contributed by atoms with Gasteiger partial charge in [-0.05, 0) is 95.2 Å². The first kappa shape index (κ1) is 48.7. The average molecular weight is 883 g/mol. The molecule has 0 aromatic heterocycles. The molecule has 6 aromatic carbocycles. The van der Waals surface area contributed by atoms with E-state index in [1.807, 2.05) is 74.5 Å². The standard InChI is InChI=1S/C58H66N4O4/c1-35(43-29-39(55(3,4)5)31-45(53(43)65)57(9,10)11)61-49-27-17-15-25-47(49)59-33-37-21-19-23-41(51(37)63)42-24-20-22-38(52(42)64)34-60-48-26-16-18-28-50(48)62-36(2)44-30-40(56(6,7)8)32-46(54(44)66)58(12,13)14/h15-34,63-66H,1-14H3. The van der Waals surface area contributed by atoms with Crippen LogP contribution in [0.2, 0.25) is 0 Å². The highest BCUT2D eigenvalue weighted by Gasteiger charge is 2.27. The van der Waals surface area contributed by atoms with E-state index in [0.717, 1.165) is 22.3 Å². The quantitative estimate of drug-likeness (QED) is 0.108. The van der Waals surface area contributed by atoms with Gasteiger partial charge in [0.25, 0.3) is 0 Å². The van der Waals surface area contributed by atoms with Crippen LogP contribution in [0.5, 0.6) is 23.0 Å². The second kappa shape index (κ2) is 18.6. The number of nitrogens with zero attached hydrogens (tertiary/aromatic N) is 4. The molecule has 0 radical (unpaired) electrons. The summed E-state index contributed by atoms with van der Waals surface area (Å²) in [5, 5.41) is 46.3. The van der Waals surface area contributed by atoms with Crippen molar-refractivity contribution in [2.24, 2.45) is 20.0 Å². The summed E-state index contributed by atoms with van der Waals surface area (Å²) in [6.45, 7) is 29.3. The van der Waals surface area contributed by atoms with Crippen LogP contribution in [-0.4, -0.2) is 44.3 Å². The number of phenolic OH excluding ortho intramolecular Hbond substituents is 4. The maximum absolute atomic E-state index is 11.7. The molecule has 0 fully saturated rings. The van der Waals surface area contributed by atoms with Crippen LogP contribution in [0.3, 0.4) is 0 Å². The van der Waals surface area contributed by atoms with E-state index in [9.17, 15) is 20.4 Å². The fourth-order valence-electron chi connectivity index (χ4n) is 7.69. The third-order valence-corrected chi connectivity index (χ3v) is 11.8. The van der Waals surface area contributed by atoms with E-state index < -0.39 is 0 Å². The molecule has 0 saturated heterocycles. The van der Waals surface area contributed by atoms with Crippen LogP contribution in [0.25, 0.3) is 11.1 Å². The number of phenols is 4. The van der Waals surface area contributed by atoms with Crippen LogP contribution >= 0.6 is 0 Å². The number of hydrogen-bond donors (Lipinski definition) is 4. The fourth-order valence-corrected chi connectivity index (χ4v) is 7.69. The van der Waals surface area contributed by atoms with Crippen molar-refractivity contribution in [3.63, 3.8) is 0 Å². The van der Waals surface area contributed by atoms with E-state index in [2.05, 4.69) is 95.2 Å². The predicted molar refractivity (Wildman–Crippen MR) is 277 cm³/mol. The molecule has 4 N–H and O–H groups in total. The molecule has 0 spiro atoms. The molecule has 342 valence electrons. The highest BCUT2D eigenvalue weighted by Crippen LogP contribution is 2.42. The SMILES string of the molecule is CC(=Nc1ccccc1N=Cc1cccc(-c2cccc(C=Nc3ccccc3N=C(C)c3cc(C(C)(C)C)cc(C(C)(C)C)c3O)c2O)c1O)c1cc(C(C)(C)C)cc(C(C)(C)C)c1O. The minimum Gasteiger partial charge on any atom is -0.507 e. The molecular formula is C58H66N4O4. The van der Waals surface area contributed by atoms with E-state index in [4.69, 9.17) is 20.0 Å². The third-order valence-electron chi connectivity index (χ3n) is 11.8. The van der Waals surface area contributed by atoms with Gasteiger partial charge in [-0.2, -0.15) is 0 Å². The largest absolute Gasteiger partial charge is 0.507 e. The van der Waals surface area contributed by atoms with Crippen molar-refractivity contribution in [1.82, 2.24) is 0 Å². The lowest BCUT2D eigenvalue weighted by atomic mass is 9.78. The lowest BCUT2D eigenvalue weighted by molar-refractivity contribution is 0.442. The van der Waals surface area contributed by atoms with E-state index in [0.29, 0.717) is 67.6 Å². The van der Waals surface area contributed by atoms with Crippen LogP contribution in [0.4, 0.5) is 22.7 Å². The Bertz CT molecular complexity index is 2710. The van der Waals surface area contributed by atoms with Gasteiger partial charge in [0, 0.05) is 68.4 Å². The first-order chi connectivity index (χ1) is 30.8. The van der Waals surface area contributed by atoms with Crippen molar-refractivity contribution < 1.29 is 20.4 Å². The van der Waals surface area contributed by atoms with Crippen LogP contribution in [0.1, 0.15) is 141 Å². The zero-order chi connectivity index (χ0) is 48.5.